The highest BCUT2D eigenvalue weighted by Gasteiger charge is 2.33. The van der Waals surface area contributed by atoms with Crippen LogP contribution in [0.15, 0.2) is 42.7 Å². The molecular formula is C15H12ClFN6. The monoisotopic (exact) mass is 330 g/mol. The molecule has 0 aliphatic carbocycles. The lowest BCUT2D eigenvalue weighted by atomic mass is 9.94. The molecule has 23 heavy (non-hydrogen) atoms. The van der Waals surface area contributed by atoms with Gasteiger partial charge in [0.25, 0.3) is 0 Å². The lowest BCUT2D eigenvalue weighted by Gasteiger charge is -2.31. The third kappa shape index (κ3) is 2.43. The van der Waals surface area contributed by atoms with Crippen LogP contribution in [0.2, 0.25) is 5.02 Å². The minimum absolute atomic E-state index is 0.0807. The van der Waals surface area contributed by atoms with Crippen molar-refractivity contribution in [1.29, 1.82) is 0 Å². The number of halogens is 2. The number of pyridine rings is 1. The molecule has 0 spiro atoms. The van der Waals surface area contributed by atoms with Gasteiger partial charge in [0.05, 0.1) is 12.1 Å². The number of anilines is 1. The molecular weight excluding hydrogens is 319 g/mol. The summed E-state index contributed by atoms with van der Waals surface area (Å²) in [6.07, 6.45) is 4.04. The number of nitrogens with one attached hydrogen (secondary N) is 1. The van der Waals surface area contributed by atoms with E-state index in [-0.39, 0.29) is 17.9 Å². The Labute approximate surface area is 136 Å². The lowest BCUT2D eigenvalue weighted by molar-refractivity contribution is 0.409. The maximum atomic E-state index is 14.4. The van der Waals surface area contributed by atoms with Crippen molar-refractivity contribution in [2.24, 2.45) is 0 Å². The van der Waals surface area contributed by atoms with E-state index in [0.717, 1.165) is 5.56 Å². The van der Waals surface area contributed by atoms with Gasteiger partial charge in [-0.3, -0.25) is 4.98 Å². The van der Waals surface area contributed by atoms with Crippen LogP contribution in [0, 0.1) is 5.82 Å². The molecule has 0 amide bonds. The molecule has 0 saturated carbocycles. The fourth-order valence-corrected chi connectivity index (χ4v) is 3.20. The average Bonchev–Trinajstić information content (AvgIpc) is 3.04. The number of rotatable bonds is 2. The molecule has 2 unspecified atom stereocenters. The quantitative estimate of drug-likeness (QED) is 0.782. The molecule has 6 nitrogen and oxygen atoms in total. The first-order chi connectivity index (χ1) is 11.2. The van der Waals surface area contributed by atoms with Crippen molar-refractivity contribution < 1.29 is 4.39 Å². The van der Waals surface area contributed by atoms with Crippen molar-refractivity contribution in [3.05, 3.63) is 64.7 Å². The highest BCUT2D eigenvalue weighted by Crippen LogP contribution is 2.40. The number of fused-ring (bicyclic) bond motifs is 1. The largest absolute Gasteiger partial charge is 0.346 e. The summed E-state index contributed by atoms with van der Waals surface area (Å²) in [5.41, 5.74) is 1.39. The predicted octanol–water partition coefficient (Wildman–Crippen LogP) is 3.01. The van der Waals surface area contributed by atoms with Crippen LogP contribution in [0.4, 0.5) is 10.3 Å². The summed E-state index contributed by atoms with van der Waals surface area (Å²) in [5, 5.41) is 15.3. The Morgan fingerprint density at radius 3 is 2.96 bits per heavy atom. The van der Waals surface area contributed by atoms with E-state index >= 15 is 0 Å². The molecule has 116 valence electrons. The molecule has 2 atom stereocenters. The highest BCUT2D eigenvalue weighted by molar-refractivity contribution is 6.31. The van der Waals surface area contributed by atoms with E-state index in [0.29, 0.717) is 23.0 Å². The first kappa shape index (κ1) is 14.1. The summed E-state index contributed by atoms with van der Waals surface area (Å²) in [4.78, 5) is 4.14. The number of tetrazole rings is 1. The van der Waals surface area contributed by atoms with Crippen LogP contribution >= 0.6 is 11.6 Å². The average molecular weight is 331 g/mol. The molecule has 3 heterocycles. The van der Waals surface area contributed by atoms with E-state index in [1.165, 1.54) is 6.07 Å². The van der Waals surface area contributed by atoms with Crippen molar-refractivity contribution in [1.82, 2.24) is 25.2 Å². The molecule has 0 radical (unpaired) electrons. The van der Waals surface area contributed by atoms with Crippen LogP contribution in [0.3, 0.4) is 0 Å². The number of hydrogen-bond donors (Lipinski definition) is 1. The van der Waals surface area contributed by atoms with Crippen LogP contribution in [-0.2, 0) is 0 Å². The van der Waals surface area contributed by atoms with E-state index in [1.807, 2.05) is 12.1 Å². The van der Waals surface area contributed by atoms with Gasteiger partial charge in [0, 0.05) is 23.0 Å². The zero-order chi connectivity index (χ0) is 15.8. The summed E-state index contributed by atoms with van der Waals surface area (Å²) in [6.45, 7) is 0. The molecule has 3 aromatic rings. The minimum atomic E-state index is -0.389. The number of nitrogens with zero attached hydrogens (tertiary/aromatic N) is 5. The second kappa shape index (κ2) is 5.58. The highest BCUT2D eigenvalue weighted by atomic mass is 35.5. The number of benzene rings is 1. The Morgan fingerprint density at radius 1 is 1.26 bits per heavy atom. The summed E-state index contributed by atoms with van der Waals surface area (Å²) in [6, 6.07) is 8.01. The van der Waals surface area contributed by atoms with Crippen molar-refractivity contribution >= 4 is 17.5 Å². The summed E-state index contributed by atoms with van der Waals surface area (Å²) >= 11 is 6.24. The Morgan fingerprint density at radius 2 is 2.17 bits per heavy atom. The molecule has 1 N–H and O–H groups in total. The van der Waals surface area contributed by atoms with Crippen LogP contribution in [-0.4, -0.2) is 25.2 Å². The predicted molar refractivity (Wildman–Crippen MR) is 82.6 cm³/mol. The van der Waals surface area contributed by atoms with Gasteiger partial charge in [-0.05, 0) is 40.6 Å². The molecule has 8 heteroatoms. The fraction of sp³-hybridized carbons (Fsp3) is 0.200. The fourth-order valence-electron chi connectivity index (χ4n) is 2.91. The molecule has 0 saturated heterocycles. The van der Waals surface area contributed by atoms with E-state index in [2.05, 4.69) is 25.8 Å². The van der Waals surface area contributed by atoms with Crippen LogP contribution in [0.5, 0.6) is 0 Å². The van der Waals surface area contributed by atoms with Gasteiger partial charge in [-0.25, -0.2) is 9.07 Å². The molecule has 0 fully saturated rings. The zero-order valence-corrected chi connectivity index (χ0v) is 12.7. The van der Waals surface area contributed by atoms with Gasteiger partial charge in [0.15, 0.2) is 0 Å². The van der Waals surface area contributed by atoms with Gasteiger partial charge in [0.2, 0.25) is 5.95 Å². The zero-order valence-electron chi connectivity index (χ0n) is 11.9. The second-order valence-electron chi connectivity index (χ2n) is 5.32. The smallest absolute Gasteiger partial charge is 0.244 e. The Hall–Kier alpha value is -2.54. The Kier molecular flexibility index (Phi) is 3.42. The Balaban J connectivity index is 1.80. The van der Waals surface area contributed by atoms with E-state index < -0.39 is 0 Å². The van der Waals surface area contributed by atoms with Gasteiger partial charge in [-0.15, -0.1) is 0 Å². The molecule has 0 bridgehead atoms. The molecule has 2 aromatic heterocycles. The summed E-state index contributed by atoms with van der Waals surface area (Å²) in [7, 11) is 0. The Bertz CT molecular complexity index is 817. The maximum absolute atomic E-state index is 14.4. The summed E-state index contributed by atoms with van der Waals surface area (Å²) < 4.78 is 15.9. The SMILES string of the molecule is Fc1cccc(Cl)c1C1CC(c2cccnc2)Nc2nnnn21. The van der Waals surface area contributed by atoms with Gasteiger partial charge in [0.1, 0.15) is 5.82 Å². The molecule has 1 aliphatic rings. The number of hydrogen-bond acceptors (Lipinski definition) is 5. The third-order valence-corrected chi connectivity index (χ3v) is 4.30. The van der Waals surface area contributed by atoms with Crippen molar-refractivity contribution in [2.75, 3.05) is 5.32 Å². The minimum Gasteiger partial charge on any atom is -0.346 e. The van der Waals surface area contributed by atoms with Gasteiger partial charge in [-0.2, -0.15) is 0 Å². The second-order valence-corrected chi connectivity index (χ2v) is 5.72. The van der Waals surface area contributed by atoms with Crippen LogP contribution in [0.25, 0.3) is 0 Å². The topological polar surface area (TPSA) is 68.5 Å². The van der Waals surface area contributed by atoms with Gasteiger partial charge in [-0.1, -0.05) is 28.8 Å². The third-order valence-electron chi connectivity index (χ3n) is 3.97. The first-order valence-corrected chi connectivity index (χ1v) is 7.50. The molecule has 4 rings (SSSR count). The first-order valence-electron chi connectivity index (χ1n) is 7.12. The number of aromatic nitrogens is 5. The van der Waals surface area contributed by atoms with Crippen LogP contribution < -0.4 is 5.32 Å². The lowest BCUT2D eigenvalue weighted by Crippen LogP contribution is -2.28. The maximum Gasteiger partial charge on any atom is 0.244 e. The van der Waals surface area contributed by atoms with E-state index in [9.17, 15) is 4.39 Å². The van der Waals surface area contributed by atoms with Gasteiger partial charge >= 0.3 is 0 Å². The summed E-state index contributed by atoms with van der Waals surface area (Å²) in [5.74, 6) is 0.116. The molecule has 1 aromatic carbocycles. The normalized spacial score (nSPS) is 19.9. The van der Waals surface area contributed by atoms with Crippen molar-refractivity contribution in [2.45, 2.75) is 18.5 Å². The van der Waals surface area contributed by atoms with Crippen LogP contribution in [0.1, 0.15) is 29.6 Å². The van der Waals surface area contributed by atoms with Gasteiger partial charge < -0.3 is 5.32 Å². The van der Waals surface area contributed by atoms with E-state index in [1.54, 1.807) is 29.2 Å². The standard InChI is InChI=1S/C15H12ClFN6/c16-10-4-1-5-11(17)14(10)13-7-12(9-3-2-6-18-8-9)19-15-20-21-22-23(13)15/h1-6,8,12-13H,7H2,(H,19,20,22). The van der Waals surface area contributed by atoms with Crippen molar-refractivity contribution in [3.8, 4) is 0 Å². The van der Waals surface area contributed by atoms with Crippen molar-refractivity contribution in [3.63, 3.8) is 0 Å². The van der Waals surface area contributed by atoms with E-state index in [4.69, 9.17) is 11.6 Å². The molecule has 1 aliphatic heterocycles.